The third-order valence-corrected chi connectivity index (χ3v) is 6.12. The van der Waals surface area contributed by atoms with Crippen LogP contribution in [-0.2, 0) is 0 Å². The number of pyridine rings is 2. The van der Waals surface area contributed by atoms with Gasteiger partial charge in [-0.1, -0.05) is 47.8 Å². The van der Waals surface area contributed by atoms with Gasteiger partial charge in [-0.2, -0.15) is 5.26 Å². The first-order valence-electron chi connectivity index (χ1n) is 9.94. The average Bonchev–Trinajstić information content (AvgIpc) is 3.23. The van der Waals surface area contributed by atoms with Crippen molar-refractivity contribution in [1.29, 1.82) is 5.26 Å². The molecule has 1 atom stereocenters. The maximum atomic E-state index is 9.76. The Kier molecular flexibility index (Phi) is 5.48. The summed E-state index contributed by atoms with van der Waals surface area (Å²) >= 11 is 7.66. The lowest BCUT2D eigenvalue weighted by molar-refractivity contribution is 0.340. The van der Waals surface area contributed by atoms with Crippen molar-refractivity contribution in [3.05, 3.63) is 77.2 Å². The largest absolute Gasteiger partial charge is 0.491 e. The van der Waals surface area contributed by atoms with Crippen molar-refractivity contribution in [2.45, 2.75) is 6.04 Å². The molecule has 0 bridgehead atoms. The molecule has 1 unspecified atom stereocenters. The Bertz CT molecular complexity index is 1370. The SMILES string of the molecule is CSNc1cc(-c2ccc3ncc(C#N)c(NC4COc5ccccc54)c3c2)cnc1Cl. The molecule has 5 rings (SSSR count). The molecule has 0 saturated heterocycles. The first-order valence-corrected chi connectivity index (χ1v) is 11.5. The van der Waals surface area contributed by atoms with Crippen LogP contribution >= 0.6 is 23.5 Å². The molecule has 2 aromatic carbocycles. The van der Waals surface area contributed by atoms with Gasteiger partial charge in [0.15, 0.2) is 5.15 Å². The molecular weight excluding hydrogens is 442 g/mol. The second-order valence-electron chi connectivity index (χ2n) is 7.30. The zero-order chi connectivity index (χ0) is 22.1. The van der Waals surface area contributed by atoms with Crippen LogP contribution in [0.25, 0.3) is 22.0 Å². The van der Waals surface area contributed by atoms with Crippen molar-refractivity contribution in [1.82, 2.24) is 9.97 Å². The molecule has 0 spiro atoms. The number of nitriles is 1. The molecule has 4 aromatic rings. The summed E-state index contributed by atoms with van der Waals surface area (Å²) in [6, 6.07) is 18.1. The highest BCUT2D eigenvalue weighted by Gasteiger charge is 2.25. The number of nitrogens with zero attached hydrogens (tertiary/aromatic N) is 3. The number of rotatable bonds is 5. The number of hydrogen-bond acceptors (Lipinski definition) is 7. The smallest absolute Gasteiger partial charge is 0.152 e. The van der Waals surface area contributed by atoms with Crippen molar-refractivity contribution < 1.29 is 4.74 Å². The summed E-state index contributed by atoms with van der Waals surface area (Å²) in [4.78, 5) is 8.79. The van der Waals surface area contributed by atoms with E-state index in [4.69, 9.17) is 16.3 Å². The van der Waals surface area contributed by atoms with Crippen LogP contribution in [-0.4, -0.2) is 22.8 Å². The predicted octanol–water partition coefficient (Wildman–Crippen LogP) is 6.06. The van der Waals surface area contributed by atoms with E-state index in [9.17, 15) is 5.26 Å². The maximum absolute atomic E-state index is 9.76. The Morgan fingerprint density at radius 3 is 2.84 bits per heavy atom. The first kappa shape index (κ1) is 20.4. The van der Waals surface area contributed by atoms with Crippen LogP contribution in [0.4, 0.5) is 11.4 Å². The lowest BCUT2D eigenvalue weighted by atomic mass is 10.0. The zero-order valence-corrected chi connectivity index (χ0v) is 18.7. The van der Waals surface area contributed by atoms with Crippen LogP contribution in [0.2, 0.25) is 5.15 Å². The Balaban J connectivity index is 1.60. The number of anilines is 2. The lowest BCUT2D eigenvalue weighted by Crippen LogP contribution is -2.13. The molecule has 158 valence electrons. The maximum Gasteiger partial charge on any atom is 0.152 e. The fraction of sp³-hybridized carbons (Fsp3) is 0.125. The van der Waals surface area contributed by atoms with E-state index >= 15 is 0 Å². The quantitative estimate of drug-likeness (QED) is 0.277. The second kappa shape index (κ2) is 8.58. The van der Waals surface area contributed by atoms with Gasteiger partial charge in [-0.05, 0) is 29.8 Å². The average molecular weight is 460 g/mol. The van der Waals surface area contributed by atoms with Gasteiger partial charge < -0.3 is 14.8 Å². The van der Waals surface area contributed by atoms with Crippen molar-refractivity contribution in [3.8, 4) is 22.9 Å². The summed E-state index contributed by atoms with van der Waals surface area (Å²) in [6.07, 6.45) is 5.28. The number of para-hydroxylation sites is 1. The van der Waals surface area contributed by atoms with E-state index in [2.05, 4.69) is 26.1 Å². The number of benzene rings is 2. The summed E-state index contributed by atoms with van der Waals surface area (Å²) in [5.41, 5.74) is 5.72. The molecular formula is C24H18ClN5OS. The predicted molar refractivity (Wildman–Crippen MR) is 130 cm³/mol. The van der Waals surface area contributed by atoms with Gasteiger partial charge in [-0.25, -0.2) is 4.98 Å². The van der Waals surface area contributed by atoms with Crippen molar-refractivity contribution in [3.63, 3.8) is 0 Å². The molecule has 0 fully saturated rings. The molecule has 32 heavy (non-hydrogen) atoms. The highest BCUT2D eigenvalue weighted by atomic mass is 35.5. The highest BCUT2D eigenvalue weighted by Crippen LogP contribution is 2.38. The lowest BCUT2D eigenvalue weighted by Gasteiger charge is -2.17. The number of ether oxygens (including phenoxy) is 1. The van der Waals surface area contributed by atoms with E-state index in [1.807, 2.05) is 54.8 Å². The van der Waals surface area contributed by atoms with Crippen LogP contribution in [0.3, 0.4) is 0 Å². The molecule has 0 radical (unpaired) electrons. The summed E-state index contributed by atoms with van der Waals surface area (Å²) in [6.45, 7) is 0.499. The number of nitrogens with one attached hydrogen (secondary N) is 2. The number of fused-ring (bicyclic) bond motifs is 2. The summed E-state index contributed by atoms with van der Waals surface area (Å²) < 4.78 is 8.97. The van der Waals surface area contributed by atoms with Gasteiger partial charge in [-0.15, -0.1) is 0 Å². The van der Waals surface area contributed by atoms with Gasteiger partial charge >= 0.3 is 0 Å². The van der Waals surface area contributed by atoms with Gasteiger partial charge in [0, 0.05) is 35.2 Å². The first-order chi connectivity index (χ1) is 15.7. The molecule has 2 aromatic heterocycles. The second-order valence-corrected chi connectivity index (χ2v) is 8.28. The minimum absolute atomic E-state index is 0.0536. The molecule has 6 nitrogen and oxygen atoms in total. The van der Waals surface area contributed by atoms with Gasteiger partial charge in [0.1, 0.15) is 18.4 Å². The standard InChI is InChI=1S/C24H18ClN5OS/c1-32-30-20-9-15(11-28-24(20)25)14-6-7-19-18(8-14)23(16(10-26)12-27-19)29-21-13-31-22-5-3-2-4-17(21)22/h2-9,11-12,21,30H,13H2,1H3,(H,27,29). The monoisotopic (exact) mass is 459 g/mol. The van der Waals surface area contributed by atoms with E-state index in [1.54, 1.807) is 12.4 Å². The Labute approximate surface area is 194 Å². The molecule has 3 heterocycles. The van der Waals surface area contributed by atoms with E-state index in [0.29, 0.717) is 17.3 Å². The third-order valence-electron chi connectivity index (χ3n) is 5.39. The van der Waals surface area contributed by atoms with E-state index in [-0.39, 0.29) is 6.04 Å². The van der Waals surface area contributed by atoms with Crippen LogP contribution < -0.4 is 14.8 Å². The van der Waals surface area contributed by atoms with Crippen LogP contribution in [0.5, 0.6) is 5.75 Å². The van der Waals surface area contributed by atoms with E-state index in [1.165, 1.54) is 11.9 Å². The fourth-order valence-electron chi connectivity index (χ4n) is 3.86. The van der Waals surface area contributed by atoms with Gasteiger partial charge in [-0.3, -0.25) is 4.98 Å². The van der Waals surface area contributed by atoms with Crippen molar-refractivity contribution in [2.24, 2.45) is 0 Å². The molecule has 0 saturated carbocycles. The van der Waals surface area contributed by atoms with Crippen molar-refractivity contribution in [2.75, 3.05) is 22.9 Å². The number of aromatic nitrogens is 2. The van der Waals surface area contributed by atoms with Crippen LogP contribution in [0.1, 0.15) is 17.2 Å². The number of hydrogen-bond donors (Lipinski definition) is 2. The summed E-state index contributed by atoms with van der Waals surface area (Å²) in [5.74, 6) is 0.864. The molecule has 0 amide bonds. The molecule has 1 aliphatic rings. The molecule has 2 N–H and O–H groups in total. The van der Waals surface area contributed by atoms with Crippen LogP contribution in [0, 0.1) is 11.3 Å². The van der Waals surface area contributed by atoms with E-state index < -0.39 is 0 Å². The molecule has 8 heteroatoms. The third kappa shape index (κ3) is 3.68. The Morgan fingerprint density at radius 2 is 2.00 bits per heavy atom. The van der Waals surface area contributed by atoms with Gasteiger partial charge in [0.05, 0.1) is 28.5 Å². The zero-order valence-electron chi connectivity index (χ0n) is 17.1. The topological polar surface area (TPSA) is 82.9 Å². The molecule has 1 aliphatic heterocycles. The van der Waals surface area contributed by atoms with Crippen LogP contribution in [0.15, 0.2) is 60.9 Å². The minimum Gasteiger partial charge on any atom is -0.491 e. The molecule has 0 aliphatic carbocycles. The minimum atomic E-state index is -0.0536. The van der Waals surface area contributed by atoms with E-state index in [0.717, 1.165) is 44.7 Å². The number of halogens is 1. The van der Waals surface area contributed by atoms with Gasteiger partial charge in [0.25, 0.3) is 0 Å². The normalized spacial score (nSPS) is 14.5. The fourth-order valence-corrected chi connectivity index (χ4v) is 4.44. The highest BCUT2D eigenvalue weighted by molar-refractivity contribution is 7.99. The Morgan fingerprint density at radius 1 is 1.12 bits per heavy atom. The van der Waals surface area contributed by atoms with Crippen molar-refractivity contribution >= 4 is 45.8 Å². The summed E-state index contributed by atoms with van der Waals surface area (Å²) in [5, 5.41) is 14.6. The Hall–Kier alpha value is -3.47. The summed E-state index contributed by atoms with van der Waals surface area (Å²) in [7, 11) is 0. The van der Waals surface area contributed by atoms with Gasteiger partial charge in [0.2, 0.25) is 0 Å².